The molecule has 0 saturated heterocycles. The minimum Gasteiger partial charge on any atom is -0.484 e. The molecular weight excluding hydrogens is 230 g/mol. The molecule has 2 N–H and O–H groups in total. The Morgan fingerprint density at radius 2 is 1.83 bits per heavy atom. The van der Waals surface area contributed by atoms with E-state index in [1.165, 1.54) is 5.56 Å². The molecule has 0 spiro atoms. The van der Waals surface area contributed by atoms with E-state index in [-0.39, 0.29) is 13.2 Å². The van der Waals surface area contributed by atoms with E-state index in [1.807, 2.05) is 12.1 Å². The van der Waals surface area contributed by atoms with E-state index in [0.717, 1.165) is 5.75 Å². The van der Waals surface area contributed by atoms with Gasteiger partial charge in [0.1, 0.15) is 5.75 Å². The van der Waals surface area contributed by atoms with E-state index < -0.39 is 0 Å². The lowest BCUT2D eigenvalue weighted by Crippen LogP contribution is -1.96. The van der Waals surface area contributed by atoms with Gasteiger partial charge in [0.05, 0.1) is 6.54 Å². The van der Waals surface area contributed by atoms with Gasteiger partial charge in [-0.15, -0.1) is 10.2 Å². The lowest BCUT2D eigenvalue weighted by molar-refractivity contribution is 0.259. The molecule has 18 heavy (non-hydrogen) atoms. The van der Waals surface area contributed by atoms with Crippen molar-refractivity contribution in [2.45, 2.75) is 32.9 Å². The molecule has 0 atom stereocenters. The summed E-state index contributed by atoms with van der Waals surface area (Å²) in [4.78, 5) is 0. The molecule has 0 saturated carbocycles. The third-order valence-electron chi connectivity index (χ3n) is 2.59. The fourth-order valence-corrected chi connectivity index (χ4v) is 1.52. The van der Waals surface area contributed by atoms with Gasteiger partial charge in [-0.25, -0.2) is 0 Å². The second-order valence-corrected chi connectivity index (χ2v) is 4.31. The van der Waals surface area contributed by atoms with Gasteiger partial charge < -0.3 is 14.9 Å². The summed E-state index contributed by atoms with van der Waals surface area (Å²) in [5, 5.41) is 7.59. The summed E-state index contributed by atoms with van der Waals surface area (Å²) in [6, 6.07) is 7.99. The van der Waals surface area contributed by atoms with Gasteiger partial charge in [-0.2, -0.15) is 0 Å². The SMILES string of the molecule is CC(C)c1ccc(OCc2nnc(CN)o2)cc1. The minimum absolute atomic E-state index is 0.246. The van der Waals surface area contributed by atoms with E-state index in [0.29, 0.717) is 17.7 Å². The summed E-state index contributed by atoms with van der Waals surface area (Å²) in [6.45, 7) is 4.81. The maximum absolute atomic E-state index is 5.55. The summed E-state index contributed by atoms with van der Waals surface area (Å²) in [7, 11) is 0. The van der Waals surface area contributed by atoms with Crippen molar-refractivity contribution in [3.63, 3.8) is 0 Å². The summed E-state index contributed by atoms with van der Waals surface area (Å²) < 4.78 is 10.8. The predicted molar refractivity (Wildman–Crippen MR) is 67.1 cm³/mol. The van der Waals surface area contributed by atoms with Crippen molar-refractivity contribution in [1.82, 2.24) is 10.2 Å². The Bertz CT molecular complexity index is 491. The van der Waals surface area contributed by atoms with E-state index >= 15 is 0 Å². The third kappa shape index (κ3) is 3.07. The van der Waals surface area contributed by atoms with E-state index in [9.17, 15) is 0 Å². The highest BCUT2D eigenvalue weighted by molar-refractivity contribution is 5.28. The Labute approximate surface area is 106 Å². The summed E-state index contributed by atoms with van der Waals surface area (Å²) >= 11 is 0. The smallest absolute Gasteiger partial charge is 0.253 e. The zero-order valence-corrected chi connectivity index (χ0v) is 10.6. The first-order valence-electron chi connectivity index (χ1n) is 5.93. The number of aromatic nitrogens is 2. The van der Waals surface area contributed by atoms with Crippen LogP contribution in [0.4, 0.5) is 0 Å². The van der Waals surface area contributed by atoms with Gasteiger partial charge in [0.25, 0.3) is 5.89 Å². The first kappa shape index (κ1) is 12.6. The van der Waals surface area contributed by atoms with E-state index in [1.54, 1.807) is 0 Å². The molecule has 0 aliphatic heterocycles. The normalized spacial score (nSPS) is 10.9. The lowest BCUT2D eigenvalue weighted by Gasteiger charge is -2.07. The first-order valence-corrected chi connectivity index (χ1v) is 5.93. The molecule has 1 aromatic carbocycles. The van der Waals surface area contributed by atoms with Crippen LogP contribution in [0.1, 0.15) is 37.1 Å². The van der Waals surface area contributed by atoms with Gasteiger partial charge in [-0.05, 0) is 23.6 Å². The van der Waals surface area contributed by atoms with Crippen LogP contribution in [0.15, 0.2) is 28.7 Å². The summed E-state index contributed by atoms with van der Waals surface area (Å²) in [5.74, 6) is 2.15. The standard InChI is InChI=1S/C13H17N3O2/c1-9(2)10-3-5-11(6-4-10)17-8-13-16-15-12(7-14)18-13/h3-6,9H,7-8,14H2,1-2H3. The van der Waals surface area contributed by atoms with Crippen LogP contribution in [0.3, 0.4) is 0 Å². The highest BCUT2D eigenvalue weighted by Gasteiger charge is 2.05. The van der Waals surface area contributed by atoms with Crippen molar-refractivity contribution in [2.24, 2.45) is 5.73 Å². The van der Waals surface area contributed by atoms with Gasteiger partial charge in [0.2, 0.25) is 5.89 Å². The molecule has 0 aliphatic rings. The van der Waals surface area contributed by atoms with Crippen LogP contribution in [-0.4, -0.2) is 10.2 Å². The zero-order chi connectivity index (χ0) is 13.0. The van der Waals surface area contributed by atoms with Gasteiger partial charge in [-0.1, -0.05) is 26.0 Å². The van der Waals surface area contributed by atoms with Crippen LogP contribution in [0.5, 0.6) is 5.75 Å². The molecule has 0 aliphatic carbocycles. The van der Waals surface area contributed by atoms with Gasteiger partial charge in [0.15, 0.2) is 6.61 Å². The zero-order valence-electron chi connectivity index (χ0n) is 10.6. The van der Waals surface area contributed by atoms with Crippen LogP contribution in [-0.2, 0) is 13.2 Å². The monoisotopic (exact) mass is 247 g/mol. The second kappa shape index (κ2) is 5.64. The molecule has 2 rings (SSSR count). The van der Waals surface area contributed by atoms with Crippen molar-refractivity contribution < 1.29 is 9.15 Å². The lowest BCUT2D eigenvalue weighted by atomic mass is 10.0. The maximum Gasteiger partial charge on any atom is 0.253 e. The Kier molecular flexibility index (Phi) is 3.94. The average molecular weight is 247 g/mol. The van der Waals surface area contributed by atoms with Crippen molar-refractivity contribution in [3.05, 3.63) is 41.6 Å². The number of hydrogen-bond acceptors (Lipinski definition) is 5. The first-order chi connectivity index (χ1) is 8.69. The number of ether oxygens (including phenoxy) is 1. The van der Waals surface area contributed by atoms with Crippen molar-refractivity contribution in [1.29, 1.82) is 0 Å². The number of nitrogens with zero attached hydrogens (tertiary/aromatic N) is 2. The molecule has 0 radical (unpaired) electrons. The van der Waals surface area contributed by atoms with Gasteiger partial charge in [0, 0.05) is 0 Å². The van der Waals surface area contributed by atoms with Crippen molar-refractivity contribution in [3.8, 4) is 5.75 Å². The third-order valence-corrected chi connectivity index (χ3v) is 2.59. The molecule has 2 aromatic rings. The van der Waals surface area contributed by atoms with Crippen LogP contribution < -0.4 is 10.5 Å². The van der Waals surface area contributed by atoms with Crippen LogP contribution in [0.2, 0.25) is 0 Å². The average Bonchev–Trinajstić information content (AvgIpc) is 2.85. The van der Waals surface area contributed by atoms with Crippen LogP contribution >= 0.6 is 0 Å². The highest BCUT2D eigenvalue weighted by Crippen LogP contribution is 2.19. The molecule has 1 heterocycles. The fraction of sp³-hybridized carbons (Fsp3) is 0.385. The Morgan fingerprint density at radius 3 is 2.39 bits per heavy atom. The second-order valence-electron chi connectivity index (χ2n) is 4.31. The molecule has 96 valence electrons. The Hall–Kier alpha value is -1.88. The van der Waals surface area contributed by atoms with Gasteiger partial charge in [-0.3, -0.25) is 0 Å². The quantitative estimate of drug-likeness (QED) is 0.877. The summed E-state index contributed by atoms with van der Waals surface area (Å²) in [5.41, 5.74) is 6.66. The van der Waals surface area contributed by atoms with Crippen LogP contribution in [0.25, 0.3) is 0 Å². The number of benzene rings is 1. The molecular formula is C13H17N3O2. The van der Waals surface area contributed by atoms with Gasteiger partial charge >= 0.3 is 0 Å². The largest absolute Gasteiger partial charge is 0.484 e. The number of nitrogens with two attached hydrogens (primary N) is 1. The molecule has 0 unspecified atom stereocenters. The molecule has 0 bridgehead atoms. The minimum atomic E-state index is 0.246. The number of rotatable bonds is 5. The van der Waals surface area contributed by atoms with Crippen LogP contribution in [0, 0.1) is 0 Å². The predicted octanol–water partition coefficient (Wildman–Crippen LogP) is 2.23. The summed E-state index contributed by atoms with van der Waals surface area (Å²) in [6.07, 6.45) is 0. The topological polar surface area (TPSA) is 74.2 Å². The Morgan fingerprint density at radius 1 is 1.17 bits per heavy atom. The molecule has 5 heteroatoms. The molecule has 1 aromatic heterocycles. The Balaban J connectivity index is 1.93. The van der Waals surface area contributed by atoms with Crippen molar-refractivity contribution >= 4 is 0 Å². The molecule has 5 nitrogen and oxygen atoms in total. The van der Waals surface area contributed by atoms with Crippen molar-refractivity contribution in [2.75, 3.05) is 0 Å². The van der Waals surface area contributed by atoms with E-state index in [4.69, 9.17) is 14.9 Å². The number of hydrogen-bond donors (Lipinski definition) is 1. The highest BCUT2D eigenvalue weighted by atomic mass is 16.5. The molecule has 0 amide bonds. The fourth-order valence-electron chi connectivity index (χ4n) is 1.52. The molecule has 0 fully saturated rings. The van der Waals surface area contributed by atoms with E-state index in [2.05, 4.69) is 36.2 Å². The maximum atomic E-state index is 5.55.